The lowest BCUT2D eigenvalue weighted by Crippen LogP contribution is -2.01. The predicted octanol–water partition coefficient (Wildman–Crippen LogP) is 6.61. The fourth-order valence-electron chi connectivity index (χ4n) is 3.51. The molecule has 0 spiro atoms. The molecule has 0 N–H and O–H groups in total. The van der Waals surface area contributed by atoms with E-state index in [2.05, 4.69) is 23.7 Å². The molecule has 1 heterocycles. The lowest BCUT2D eigenvalue weighted by Gasteiger charge is -2.11. The number of rotatable bonds is 2. The molecule has 0 unspecified atom stereocenters. The van der Waals surface area contributed by atoms with Gasteiger partial charge in [0.1, 0.15) is 11.4 Å². The van der Waals surface area contributed by atoms with Crippen molar-refractivity contribution in [1.82, 2.24) is 9.97 Å². The van der Waals surface area contributed by atoms with Crippen molar-refractivity contribution < 1.29 is 0 Å². The van der Waals surface area contributed by atoms with Crippen LogP contribution in [-0.4, -0.2) is 9.97 Å². The van der Waals surface area contributed by atoms with E-state index in [4.69, 9.17) is 9.97 Å². The zero-order valence-electron chi connectivity index (χ0n) is 18.4. The van der Waals surface area contributed by atoms with Gasteiger partial charge in [-0.3, -0.25) is 0 Å². The number of aromatic nitrogens is 2. The highest BCUT2D eigenvalue weighted by Crippen LogP contribution is 2.29. The second kappa shape index (κ2) is 10.1. The summed E-state index contributed by atoms with van der Waals surface area (Å²) in [5, 5.41) is 0. The third kappa shape index (κ3) is 4.94. The molecule has 0 saturated heterocycles. The quantitative estimate of drug-likeness (QED) is 0.293. The first-order valence-corrected chi connectivity index (χ1v) is 11.0. The molecule has 0 atom stereocenters. The molecule has 2 heteroatoms. The van der Waals surface area contributed by atoms with Gasteiger partial charge in [-0.15, -0.1) is 0 Å². The summed E-state index contributed by atoms with van der Waals surface area (Å²) in [6, 6.07) is 39.9. The lowest BCUT2D eigenvalue weighted by molar-refractivity contribution is 1.16. The second-order valence-electron chi connectivity index (χ2n) is 7.58. The Bertz CT molecular complexity index is 1400. The van der Waals surface area contributed by atoms with Gasteiger partial charge in [-0.05, 0) is 36.1 Å². The van der Waals surface area contributed by atoms with Gasteiger partial charge < -0.3 is 0 Å². The molecule has 0 radical (unpaired) electrons. The summed E-state index contributed by atoms with van der Waals surface area (Å²) in [4.78, 5) is 10.0. The SMILES string of the molecule is C(#Cc1nc(-c2ccccc2)c(-c2ccccc2)nc1C#Cc1ccccc1)c1ccccc1. The van der Waals surface area contributed by atoms with Crippen molar-refractivity contribution >= 4 is 0 Å². The Labute approximate surface area is 200 Å². The largest absolute Gasteiger partial charge is 0.234 e. The zero-order chi connectivity index (χ0) is 23.0. The van der Waals surface area contributed by atoms with E-state index in [-0.39, 0.29) is 0 Å². The van der Waals surface area contributed by atoms with E-state index in [0.717, 1.165) is 33.6 Å². The van der Waals surface area contributed by atoms with Gasteiger partial charge in [0.25, 0.3) is 0 Å². The van der Waals surface area contributed by atoms with Crippen LogP contribution in [0.4, 0.5) is 0 Å². The van der Waals surface area contributed by atoms with Crippen molar-refractivity contribution in [2.24, 2.45) is 0 Å². The van der Waals surface area contributed by atoms with Gasteiger partial charge in [-0.25, -0.2) is 9.97 Å². The molecule has 5 aromatic rings. The van der Waals surface area contributed by atoms with Crippen molar-refractivity contribution in [2.75, 3.05) is 0 Å². The van der Waals surface area contributed by atoms with E-state index in [0.29, 0.717) is 11.4 Å². The summed E-state index contributed by atoms with van der Waals surface area (Å²) in [5.74, 6) is 12.9. The minimum Gasteiger partial charge on any atom is -0.234 e. The van der Waals surface area contributed by atoms with Crippen LogP contribution in [0.15, 0.2) is 121 Å². The zero-order valence-corrected chi connectivity index (χ0v) is 18.4. The molecule has 5 rings (SSSR count). The maximum absolute atomic E-state index is 5.01. The predicted molar refractivity (Wildman–Crippen MR) is 138 cm³/mol. The van der Waals surface area contributed by atoms with Crippen LogP contribution >= 0.6 is 0 Å². The van der Waals surface area contributed by atoms with Crippen molar-refractivity contribution in [3.05, 3.63) is 144 Å². The third-order valence-electron chi connectivity index (χ3n) is 5.19. The topological polar surface area (TPSA) is 25.8 Å². The fourth-order valence-corrected chi connectivity index (χ4v) is 3.51. The molecule has 34 heavy (non-hydrogen) atoms. The summed E-state index contributed by atoms with van der Waals surface area (Å²) in [7, 11) is 0. The maximum Gasteiger partial charge on any atom is 0.148 e. The van der Waals surface area contributed by atoms with Gasteiger partial charge in [-0.2, -0.15) is 0 Å². The summed E-state index contributed by atoms with van der Waals surface area (Å²) in [5.41, 5.74) is 6.50. The van der Waals surface area contributed by atoms with Gasteiger partial charge in [0.15, 0.2) is 0 Å². The minimum atomic E-state index is 0.561. The number of hydrogen-bond acceptors (Lipinski definition) is 2. The number of benzene rings is 4. The average Bonchev–Trinajstić information content (AvgIpc) is 2.93. The van der Waals surface area contributed by atoms with Crippen molar-refractivity contribution in [2.45, 2.75) is 0 Å². The summed E-state index contributed by atoms with van der Waals surface area (Å²) in [6.07, 6.45) is 0. The second-order valence-corrected chi connectivity index (χ2v) is 7.58. The molecular weight excluding hydrogens is 412 g/mol. The Balaban J connectivity index is 1.73. The highest BCUT2D eigenvalue weighted by molar-refractivity contribution is 5.79. The molecule has 0 bridgehead atoms. The molecule has 2 nitrogen and oxygen atoms in total. The van der Waals surface area contributed by atoms with Crippen LogP contribution in [0.5, 0.6) is 0 Å². The van der Waals surface area contributed by atoms with Crippen molar-refractivity contribution in [1.29, 1.82) is 0 Å². The van der Waals surface area contributed by atoms with Crippen molar-refractivity contribution in [3.63, 3.8) is 0 Å². The van der Waals surface area contributed by atoms with Gasteiger partial charge in [-0.1, -0.05) is 109 Å². The molecule has 0 aliphatic heterocycles. The monoisotopic (exact) mass is 432 g/mol. The number of nitrogens with zero attached hydrogens (tertiary/aromatic N) is 2. The molecular formula is C32H20N2. The van der Waals surface area contributed by atoms with Crippen LogP contribution in [-0.2, 0) is 0 Å². The van der Waals surface area contributed by atoms with Gasteiger partial charge >= 0.3 is 0 Å². The van der Waals surface area contributed by atoms with Gasteiger partial charge in [0.05, 0.1) is 11.4 Å². The highest BCUT2D eigenvalue weighted by Gasteiger charge is 2.15. The molecule has 0 aliphatic carbocycles. The summed E-state index contributed by atoms with van der Waals surface area (Å²) >= 11 is 0. The Kier molecular flexibility index (Phi) is 6.24. The third-order valence-corrected chi connectivity index (χ3v) is 5.19. The van der Waals surface area contributed by atoms with E-state index >= 15 is 0 Å². The minimum absolute atomic E-state index is 0.561. The van der Waals surface area contributed by atoms with E-state index < -0.39 is 0 Å². The molecule has 4 aromatic carbocycles. The fraction of sp³-hybridized carbons (Fsp3) is 0. The van der Waals surface area contributed by atoms with Crippen LogP contribution in [0.2, 0.25) is 0 Å². The maximum atomic E-state index is 5.01. The average molecular weight is 433 g/mol. The normalized spacial score (nSPS) is 9.88. The first-order chi connectivity index (χ1) is 16.9. The molecule has 0 fully saturated rings. The van der Waals surface area contributed by atoms with Crippen LogP contribution in [0, 0.1) is 23.7 Å². The van der Waals surface area contributed by atoms with Crippen LogP contribution < -0.4 is 0 Å². The van der Waals surface area contributed by atoms with E-state index in [1.165, 1.54) is 0 Å². The van der Waals surface area contributed by atoms with E-state index in [1.54, 1.807) is 0 Å². The summed E-state index contributed by atoms with van der Waals surface area (Å²) < 4.78 is 0. The smallest absolute Gasteiger partial charge is 0.148 e. The van der Waals surface area contributed by atoms with Crippen LogP contribution in [0.3, 0.4) is 0 Å². The summed E-state index contributed by atoms with van der Waals surface area (Å²) in [6.45, 7) is 0. The highest BCUT2D eigenvalue weighted by atomic mass is 14.8. The van der Waals surface area contributed by atoms with Gasteiger partial charge in [0.2, 0.25) is 0 Å². The lowest BCUT2D eigenvalue weighted by atomic mass is 10.0. The Hall–Kier alpha value is -4.92. The molecule has 0 aliphatic rings. The van der Waals surface area contributed by atoms with Crippen molar-refractivity contribution in [3.8, 4) is 46.2 Å². The molecule has 158 valence electrons. The van der Waals surface area contributed by atoms with Crippen LogP contribution in [0.1, 0.15) is 22.5 Å². The standard InChI is InChI=1S/C32H20N2/c1-5-13-25(14-6-1)21-23-29-30(24-22-26-15-7-2-8-16-26)34-32(28-19-11-4-12-20-28)31(33-29)27-17-9-3-10-18-27/h1-20H. The van der Waals surface area contributed by atoms with Crippen LogP contribution in [0.25, 0.3) is 22.5 Å². The Morgan fingerprint density at radius 1 is 0.353 bits per heavy atom. The Morgan fingerprint density at radius 2 is 0.676 bits per heavy atom. The Morgan fingerprint density at radius 3 is 1.03 bits per heavy atom. The first kappa shape index (κ1) is 21.0. The molecule has 1 aromatic heterocycles. The first-order valence-electron chi connectivity index (χ1n) is 11.0. The van der Waals surface area contributed by atoms with E-state index in [9.17, 15) is 0 Å². The molecule has 0 saturated carbocycles. The van der Waals surface area contributed by atoms with Gasteiger partial charge in [0, 0.05) is 22.3 Å². The van der Waals surface area contributed by atoms with E-state index in [1.807, 2.05) is 121 Å². The molecule has 0 amide bonds. The number of hydrogen-bond donors (Lipinski definition) is 0.